The van der Waals surface area contributed by atoms with Gasteiger partial charge >= 0.3 is 0 Å². The second-order valence-electron chi connectivity index (χ2n) is 2.65. The summed E-state index contributed by atoms with van der Waals surface area (Å²) in [6.45, 7) is 0.873. The van der Waals surface area contributed by atoms with Crippen LogP contribution in [0, 0.1) is 18.6 Å². The van der Waals surface area contributed by atoms with Gasteiger partial charge in [-0.1, -0.05) is 0 Å². The molecule has 0 aliphatic heterocycles. The first-order valence-corrected chi connectivity index (χ1v) is 3.74. The smallest absolute Gasteiger partial charge is 0.165 e. The van der Waals surface area contributed by atoms with E-state index < -0.39 is 18.2 Å². The summed E-state index contributed by atoms with van der Waals surface area (Å²) in [5.41, 5.74) is 0.0113. The SMILES string of the molecule is COc1cc(CO)c(F)c(F)c1C. The molecule has 1 rings (SSSR count). The first kappa shape index (κ1) is 9.92. The molecule has 0 heterocycles. The van der Waals surface area contributed by atoms with Gasteiger partial charge in [0.05, 0.1) is 13.7 Å². The van der Waals surface area contributed by atoms with Gasteiger partial charge in [-0.25, -0.2) is 8.78 Å². The molecule has 0 aliphatic rings. The Morgan fingerprint density at radius 3 is 2.46 bits per heavy atom. The third-order valence-electron chi connectivity index (χ3n) is 1.87. The zero-order valence-corrected chi connectivity index (χ0v) is 7.40. The van der Waals surface area contributed by atoms with Crippen LogP contribution in [-0.4, -0.2) is 12.2 Å². The number of aliphatic hydroxyl groups excluding tert-OH is 1. The lowest BCUT2D eigenvalue weighted by Crippen LogP contribution is -2.00. The third-order valence-corrected chi connectivity index (χ3v) is 1.87. The first-order chi connectivity index (χ1) is 6.11. The van der Waals surface area contributed by atoms with Gasteiger partial charge in [0, 0.05) is 11.1 Å². The summed E-state index contributed by atoms with van der Waals surface area (Å²) >= 11 is 0. The van der Waals surface area contributed by atoms with Gasteiger partial charge in [-0.05, 0) is 13.0 Å². The quantitative estimate of drug-likeness (QED) is 0.766. The lowest BCUT2D eigenvalue weighted by atomic mass is 10.1. The number of hydrogen-bond donors (Lipinski definition) is 1. The van der Waals surface area contributed by atoms with E-state index in [-0.39, 0.29) is 16.9 Å². The maximum atomic E-state index is 13.1. The molecule has 1 aromatic carbocycles. The lowest BCUT2D eigenvalue weighted by Gasteiger charge is -2.08. The Hall–Kier alpha value is -1.16. The van der Waals surface area contributed by atoms with E-state index >= 15 is 0 Å². The van der Waals surface area contributed by atoms with Crippen LogP contribution in [0.25, 0.3) is 0 Å². The maximum absolute atomic E-state index is 13.1. The highest BCUT2D eigenvalue weighted by Gasteiger charge is 2.14. The van der Waals surface area contributed by atoms with Gasteiger partial charge in [0.15, 0.2) is 11.6 Å². The van der Waals surface area contributed by atoms with Crippen molar-refractivity contribution in [3.05, 3.63) is 28.8 Å². The van der Waals surface area contributed by atoms with E-state index in [1.807, 2.05) is 0 Å². The minimum atomic E-state index is -1.01. The van der Waals surface area contributed by atoms with Gasteiger partial charge in [-0.2, -0.15) is 0 Å². The number of halogens is 2. The number of aliphatic hydroxyl groups is 1. The Morgan fingerprint density at radius 1 is 1.38 bits per heavy atom. The molecule has 0 atom stereocenters. The number of rotatable bonds is 2. The Labute approximate surface area is 74.8 Å². The highest BCUT2D eigenvalue weighted by Crippen LogP contribution is 2.25. The van der Waals surface area contributed by atoms with Crippen LogP contribution in [0.2, 0.25) is 0 Å². The summed E-state index contributed by atoms with van der Waals surface area (Å²) in [5.74, 6) is -1.74. The van der Waals surface area contributed by atoms with Crippen molar-refractivity contribution in [3.63, 3.8) is 0 Å². The average Bonchev–Trinajstić information content (AvgIpc) is 2.15. The van der Waals surface area contributed by atoms with Crippen LogP contribution in [0.5, 0.6) is 5.75 Å². The van der Waals surface area contributed by atoms with Crippen molar-refractivity contribution in [3.8, 4) is 5.75 Å². The second-order valence-corrected chi connectivity index (χ2v) is 2.65. The number of benzene rings is 1. The number of methoxy groups -OCH3 is 1. The van der Waals surface area contributed by atoms with Crippen LogP contribution in [0.1, 0.15) is 11.1 Å². The fourth-order valence-electron chi connectivity index (χ4n) is 1.07. The number of hydrogen-bond acceptors (Lipinski definition) is 2. The summed E-state index contributed by atoms with van der Waals surface area (Å²) in [4.78, 5) is 0. The molecule has 0 amide bonds. The van der Waals surface area contributed by atoms with E-state index in [0.717, 1.165) is 0 Å². The molecule has 1 aromatic rings. The van der Waals surface area contributed by atoms with Crippen LogP contribution in [0.3, 0.4) is 0 Å². The molecule has 0 fully saturated rings. The highest BCUT2D eigenvalue weighted by molar-refractivity contribution is 5.38. The standard InChI is InChI=1S/C9H10F2O2/c1-5-7(13-2)3-6(4-12)9(11)8(5)10/h3,12H,4H2,1-2H3. The summed E-state index contributed by atoms with van der Waals surface area (Å²) < 4.78 is 30.9. The van der Waals surface area contributed by atoms with Crippen molar-refractivity contribution < 1.29 is 18.6 Å². The van der Waals surface area contributed by atoms with Crippen LogP contribution in [0.4, 0.5) is 8.78 Å². The summed E-state index contributed by atoms with van der Waals surface area (Å²) in [7, 11) is 1.36. The molecule has 0 unspecified atom stereocenters. The molecule has 0 spiro atoms. The van der Waals surface area contributed by atoms with Crippen molar-refractivity contribution in [1.29, 1.82) is 0 Å². The summed E-state index contributed by atoms with van der Waals surface area (Å²) in [6, 6.07) is 1.29. The van der Waals surface area contributed by atoms with Gasteiger partial charge in [0.25, 0.3) is 0 Å². The van der Waals surface area contributed by atoms with E-state index in [0.29, 0.717) is 0 Å². The predicted octanol–water partition coefficient (Wildman–Crippen LogP) is 1.77. The van der Waals surface area contributed by atoms with Gasteiger partial charge in [-0.3, -0.25) is 0 Å². The molecular formula is C9H10F2O2. The Morgan fingerprint density at radius 2 is 2.00 bits per heavy atom. The van der Waals surface area contributed by atoms with Gasteiger partial charge in [0.2, 0.25) is 0 Å². The fourth-order valence-corrected chi connectivity index (χ4v) is 1.07. The van der Waals surface area contributed by atoms with Crippen LogP contribution in [-0.2, 0) is 6.61 Å². The average molecular weight is 188 g/mol. The normalized spacial score (nSPS) is 10.2. The van der Waals surface area contributed by atoms with E-state index in [4.69, 9.17) is 9.84 Å². The van der Waals surface area contributed by atoms with Crippen molar-refractivity contribution in [2.75, 3.05) is 7.11 Å². The van der Waals surface area contributed by atoms with Gasteiger partial charge in [0.1, 0.15) is 5.75 Å². The van der Waals surface area contributed by atoms with E-state index in [2.05, 4.69) is 0 Å². The molecular weight excluding hydrogens is 178 g/mol. The molecule has 2 nitrogen and oxygen atoms in total. The molecule has 4 heteroatoms. The van der Waals surface area contributed by atoms with Crippen LogP contribution in [0.15, 0.2) is 6.07 Å². The van der Waals surface area contributed by atoms with Gasteiger partial charge < -0.3 is 9.84 Å². The second kappa shape index (κ2) is 3.70. The molecule has 0 aromatic heterocycles. The van der Waals surface area contributed by atoms with Gasteiger partial charge in [-0.15, -0.1) is 0 Å². The van der Waals surface area contributed by atoms with Crippen molar-refractivity contribution >= 4 is 0 Å². The predicted molar refractivity (Wildman–Crippen MR) is 43.6 cm³/mol. The largest absolute Gasteiger partial charge is 0.496 e. The molecule has 0 aliphatic carbocycles. The molecule has 1 N–H and O–H groups in total. The van der Waals surface area contributed by atoms with E-state index in [1.54, 1.807) is 0 Å². The fraction of sp³-hybridized carbons (Fsp3) is 0.333. The first-order valence-electron chi connectivity index (χ1n) is 3.74. The summed E-state index contributed by atoms with van der Waals surface area (Å²) in [5, 5.41) is 8.69. The third kappa shape index (κ3) is 1.62. The Bertz CT molecular complexity index is 296. The molecule has 13 heavy (non-hydrogen) atoms. The van der Waals surface area contributed by atoms with Crippen molar-refractivity contribution in [2.45, 2.75) is 13.5 Å². The molecule has 0 saturated heterocycles. The molecule has 72 valence electrons. The Balaban J connectivity index is 3.36. The molecule has 0 radical (unpaired) electrons. The minimum Gasteiger partial charge on any atom is -0.496 e. The maximum Gasteiger partial charge on any atom is 0.165 e. The number of ether oxygens (including phenoxy) is 1. The van der Waals surface area contributed by atoms with Crippen molar-refractivity contribution in [1.82, 2.24) is 0 Å². The zero-order chi connectivity index (χ0) is 10.0. The van der Waals surface area contributed by atoms with Crippen LogP contribution >= 0.6 is 0 Å². The Kier molecular flexibility index (Phi) is 2.83. The zero-order valence-electron chi connectivity index (χ0n) is 7.40. The van der Waals surface area contributed by atoms with Crippen LogP contribution < -0.4 is 4.74 Å². The lowest BCUT2D eigenvalue weighted by molar-refractivity contribution is 0.271. The minimum absolute atomic E-state index is 0.0973. The van der Waals surface area contributed by atoms with Crippen molar-refractivity contribution in [2.24, 2.45) is 0 Å². The summed E-state index contributed by atoms with van der Waals surface area (Å²) in [6.07, 6.45) is 0. The van der Waals surface area contributed by atoms with E-state index in [9.17, 15) is 8.78 Å². The topological polar surface area (TPSA) is 29.5 Å². The van der Waals surface area contributed by atoms with E-state index in [1.165, 1.54) is 20.1 Å². The monoisotopic (exact) mass is 188 g/mol. The molecule has 0 saturated carbocycles. The highest BCUT2D eigenvalue weighted by atomic mass is 19.2. The molecule has 0 bridgehead atoms.